The van der Waals surface area contributed by atoms with E-state index in [9.17, 15) is 32.5 Å². The maximum atomic E-state index is 13.5. The number of carbonyl (C=O) groups is 1. The standard InChI is InChI=1S/C31H26N6O10S2/c1-16-22(28(38)34(3)26-24(16)30(40)36(32-26)18-8-12-20(13-9-18)48-47-46-42)6-5-7-23-17(2)25-27(35(4)29(23)39)33-37(31(25)41)19-10-14-21(15-11-19)49(43,44)45/h5-15,39,42H,1-4H3,(H,43,44,45). The summed E-state index contributed by atoms with van der Waals surface area (Å²) in [5.74, 6) is -0.504. The second kappa shape index (κ2) is 12.6. The highest BCUT2D eigenvalue weighted by Gasteiger charge is 2.30. The molecule has 3 aromatic rings. The molecule has 0 fully saturated rings. The van der Waals surface area contributed by atoms with Gasteiger partial charge in [0.15, 0.2) is 17.2 Å². The van der Waals surface area contributed by atoms with Gasteiger partial charge in [0, 0.05) is 29.8 Å². The summed E-state index contributed by atoms with van der Waals surface area (Å²) in [6.07, 6.45) is 4.55. The number of benzene rings is 2. The summed E-state index contributed by atoms with van der Waals surface area (Å²) < 4.78 is 40.2. The van der Waals surface area contributed by atoms with E-state index < -0.39 is 27.1 Å². The van der Waals surface area contributed by atoms with Gasteiger partial charge < -0.3 is 5.11 Å². The van der Waals surface area contributed by atoms with E-state index in [4.69, 9.17) is 5.26 Å². The van der Waals surface area contributed by atoms with Crippen LogP contribution in [0.5, 0.6) is 5.88 Å². The first-order valence-corrected chi connectivity index (χ1v) is 16.4. The molecule has 0 atom stereocenters. The van der Waals surface area contributed by atoms with Gasteiger partial charge >= 0.3 is 0 Å². The number of rotatable bonds is 8. The minimum Gasteiger partial charge on any atom is -0.494 e. The highest BCUT2D eigenvalue weighted by atomic mass is 32.2. The van der Waals surface area contributed by atoms with Crippen molar-refractivity contribution in [3.8, 4) is 23.0 Å². The van der Waals surface area contributed by atoms with Gasteiger partial charge in [0.25, 0.3) is 27.1 Å². The number of aromatic nitrogens is 4. The Hall–Kier alpha value is -5.37. The first-order chi connectivity index (χ1) is 23.2. The average molecular weight is 707 g/mol. The summed E-state index contributed by atoms with van der Waals surface area (Å²) in [6, 6.07) is 11.4. The van der Waals surface area contributed by atoms with Crippen LogP contribution in [0.2, 0.25) is 0 Å². The van der Waals surface area contributed by atoms with Crippen molar-refractivity contribution in [1.82, 2.24) is 18.9 Å². The van der Waals surface area contributed by atoms with Crippen molar-refractivity contribution >= 4 is 45.9 Å². The third-order valence-electron chi connectivity index (χ3n) is 8.08. The van der Waals surface area contributed by atoms with Crippen LogP contribution < -0.4 is 26.8 Å². The highest BCUT2D eigenvalue weighted by Crippen LogP contribution is 2.32. The summed E-state index contributed by atoms with van der Waals surface area (Å²) in [5.41, 5.74) is 1.38. The predicted molar refractivity (Wildman–Crippen MR) is 176 cm³/mol. The number of amides is 1. The number of nitrogens with zero attached hydrogens (tertiary/aromatic N) is 6. The maximum absolute atomic E-state index is 13.5. The Labute approximate surface area is 280 Å². The number of anilines is 1. The van der Waals surface area contributed by atoms with Crippen LogP contribution >= 0.6 is 12.0 Å². The van der Waals surface area contributed by atoms with Crippen molar-refractivity contribution in [2.45, 2.75) is 23.6 Å². The quantitative estimate of drug-likeness (QED) is 0.0917. The third-order valence-corrected chi connectivity index (χ3v) is 9.54. The van der Waals surface area contributed by atoms with Crippen LogP contribution in [-0.2, 0) is 33.6 Å². The molecule has 0 saturated heterocycles. The largest absolute Gasteiger partial charge is 0.494 e. The Morgan fingerprint density at radius 3 is 2.16 bits per heavy atom. The molecule has 1 aromatic heterocycles. The van der Waals surface area contributed by atoms with Gasteiger partial charge in [-0.25, -0.2) is 5.26 Å². The second-order valence-corrected chi connectivity index (χ2v) is 13.1. The molecule has 6 rings (SSSR count). The Morgan fingerprint density at radius 2 is 1.53 bits per heavy atom. The lowest BCUT2D eigenvalue weighted by atomic mass is 10.0. The zero-order valence-electron chi connectivity index (χ0n) is 26.1. The van der Waals surface area contributed by atoms with E-state index in [1.807, 2.05) is 0 Å². The van der Waals surface area contributed by atoms with Crippen LogP contribution in [0.15, 0.2) is 79.1 Å². The Balaban J connectivity index is 1.37. The molecule has 0 radical (unpaired) electrons. The summed E-state index contributed by atoms with van der Waals surface area (Å²) >= 11 is 0.756. The fraction of sp³-hybridized carbons (Fsp3) is 0.129. The summed E-state index contributed by atoms with van der Waals surface area (Å²) in [7, 11) is -1.42. The van der Waals surface area contributed by atoms with Gasteiger partial charge in [-0.15, -0.1) is 14.5 Å². The molecule has 3 aliphatic heterocycles. The number of aromatic hydroxyl groups is 1. The molecular formula is C31H26N6O10S2. The van der Waals surface area contributed by atoms with Crippen molar-refractivity contribution in [1.29, 1.82) is 0 Å². The number of carbonyl (C=O) groups excluding carboxylic acids is 1. The van der Waals surface area contributed by atoms with Crippen LogP contribution in [-0.4, -0.2) is 48.2 Å². The summed E-state index contributed by atoms with van der Waals surface area (Å²) in [5, 5.41) is 33.1. The molecule has 18 heteroatoms. The monoisotopic (exact) mass is 706 g/mol. The zero-order valence-corrected chi connectivity index (χ0v) is 27.7. The molecule has 0 spiro atoms. The van der Waals surface area contributed by atoms with Crippen molar-refractivity contribution in [2.24, 2.45) is 19.2 Å². The van der Waals surface area contributed by atoms with Crippen molar-refractivity contribution in [3.63, 3.8) is 0 Å². The Bertz CT molecular complexity index is 2520. The first kappa shape index (κ1) is 33.5. The second-order valence-electron chi connectivity index (χ2n) is 10.9. The number of fused-ring (bicyclic) bond motifs is 2. The molecule has 49 heavy (non-hydrogen) atoms. The number of pyridine rings is 2. The zero-order chi connectivity index (χ0) is 35.4. The molecule has 0 bridgehead atoms. The van der Waals surface area contributed by atoms with Gasteiger partial charge in [0.1, 0.15) is 0 Å². The lowest BCUT2D eigenvalue weighted by Crippen LogP contribution is -2.44. The predicted octanol–water partition coefficient (Wildman–Crippen LogP) is 2.06. The summed E-state index contributed by atoms with van der Waals surface area (Å²) in [4.78, 5) is 40.7. The normalized spacial score (nSPS) is 13.6. The molecule has 0 aliphatic carbocycles. The molecule has 0 unspecified atom stereocenters. The Morgan fingerprint density at radius 1 is 0.878 bits per heavy atom. The molecule has 0 saturated carbocycles. The van der Waals surface area contributed by atoms with E-state index in [1.165, 1.54) is 58.6 Å². The van der Waals surface area contributed by atoms with Crippen molar-refractivity contribution < 1.29 is 37.5 Å². The van der Waals surface area contributed by atoms with E-state index in [0.29, 0.717) is 21.7 Å². The van der Waals surface area contributed by atoms with E-state index in [-0.39, 0.29) is 49.7 Å². The molecule has 1 amide bonds. The van der Waals surface area contributed by atoms with Gasteiger partial charge in [-0.2, -0.15) is 18.1 Å². The van der Waals surface area contributed by atoms with Crippen LogP contribution in [0.4, 0.5) is 5.69 Å². The van der Waals surface area contributed by atoms with Gasteiger partial charge in [-0.1, -0.05) is 11.1 Å². The summed E-state index contributed by atoms with van der Waals surface area (Å²) in [6.45, 7) is 3.27. The molecule has 16 nitrogen and oxygen atoms in total. The highest BCUT2D eigenvalue weighted by molar-refractivity contribution is 7.94. The van der Waals surface area contributed by atoms with Gasteiger partial charge in [0.2, 0.25) is 0 Å². The van der Waals surface area contributed by atoms with Gasteiger partial charge in [-0.3, -0.25) is 28.1 Å². The van der Waals surface area contributed by atoms with Crippen molar-refractivity contribution in [3.05, 3.63) is 108 Å². The lowest BCUT2D eigenvalue weighted by Gasteiger charge is -2.14. The molecule has 3 N–H and O–H groups in total. The Kier molecular flexibility index (Phi) is 8.61. The van der Waals surface area contributed by atoms with Crippen LogP contribution in [0.3, 0.4) is 0 Å². The lowest BCUT2D eigenvalue weighted by molar-refractivity contribution is -0.432. The minimum absolute atomic E-state index is 0.163. The first-order valence-electron chi connectivity index (χ1n) is 14.2. The van der Waals surface area contributed by atoms with Crippen molar-refractivity contribution in [2.75, 3.05) is 5.01 Å². The molecular weight excluding hydrogens is 681 g/mol. The fourth-order valence-corrected chi connectivity index (χ4v) is 6.34. The van der Waals surface area contributed by atoms with E-state index in [0.717, 1.165) is 28.9 Å². The van der Waals surface area contributed by atoms with Gasteiger partial charge in [0.05, 0.1) is 39.4 Å². The average Bonchev–Trinajstić information content (AvgIpc) is 3.61. The molecule has 252 valence electrons. The smallest absolute Gasteiger partial charge is 0.294 e. The van der Waals surface area contributed by atoms with E-state index in [2.05, 4.69) is 19.6 Å². The SMILES string of the molecule is Cc1c(C=CC=c2c(C)c3c(n(C)c2=O)=NN(c2ccc(SOOO)cc2)C3=O)c(O)n(C)c2nn(-c3ccc(S(=O)(=O)O)cc3)c(=O)c1-2. The van der Waals surface area contributed by atoms with Crippen LogP contribution in [0.25, 0.3) is 29.2 Å². The molecule has 3 aliphatic rings. The molecule has 2 aromatic carbocycles. The third kappa shape index (κ3) is 5.75. The van der Waals surface area contributed by atoms with Crippen LogP contribution in [0.1, 0.15) is 27.0 Å². The van der Waals surface area contributed by atoms with Gasteiger partial charge in [-0.05, 0) is 85.7 Å². The minimum atomic E-state index is -4.44. The van der Waals surface area contributed by atoms with E-state index >= 15 is 0 Å². The number of hydrogen-bond acceptors (Lipinski definition) is 12. The topological polar surface area (TPSA) is 208 Å². The number of allylic oxidation sites excluding steroid dienone is 1. The fourth-order valence-electron chi connectivity index (χ4n) is 5.51. The maximum Gasteiger partial charge on any atom is 0.294 e. The van der Waals surface area contributed by atoms with Crippen LogP contribution in [0, 0.1) is 13.8 Å². The number of hydrogen-bond donors (Lipinski definition) is 3. The van der Waals surface area contributed by atoms with E-state index in [1.54, 1.807) is 38.1 Å². The molecule has 4 heterocycles.